The predicted octanol–water partition coefficient (Wildman–Crippen LogP) is 2.30. The third-order valence-electron chi connectivity index (χ3n) is 5.26. The molecule has 0 aliphatic carbocycles. The van der Waals surface area contributed by atoms with Gasteiger partial charge in [0.15, 0.2) is 0 Å². The number of carbonyl (C=O) groups excluding carboxylic acids is 1. The number of nitrogens with zero attached hydrogens (tertiary/aromatic N) is 3. The summed E-state index contributed by atoms with van der Waals surface area (Å²) in [5.41, 5.74) is 1.17. The van der Waals surface area contributed by atoms with E-state index in [1.165, 1.54) is 5.69 Å². The van der Waals surface area contributed by atoms with E-state index in [2.05, 4.69) is 29.0 Å². The summed E-state index contributed by atoms with van der Waals surface area (Å²) < 4.78 is 10.8. The van der Waals surface area contributed by atoms with Gasteiger partial charge in [-0.1, -0.05) is 0 Å². The van der Waals surface area contributed by atoms with Crippen molar-refractivity contribution in [1.29, 1.82) is 0 Å². The Morgan fingerprint density at radius 3 is 2.28 bits per heavy atom. The first-order valence-electron chi connectivity index (χ1n) is 9.15. The summed E-state index contributed by atoms with van der Waals surface area (Å²) in [6.07, 6.45) is 2.08. The van der Waals surface area contributed by atoms with Crippen molar-refractivity contribution in [3.8, 4) is 5.75 Å². The van der Waals surface area contributed by atoms with E-state index in [1.54, 1.807) is 7.11 Å². The van der Waals surface area contributed by atoms with Gasteiger partial charge < -0.3 is 24.2 Å². The van der Waals surface area contributed by atoms with Crippen molar-refractivity contribution in [2.24, 2.45) is 5.92 Å². The van der Waals surface area contributed by atoms with E-state index in [1.807, 2.05) is 17.0 Å². The van der Waals surface area contributed by atoms with Gasteiger partial charge in [-0.3, -0.25) is 0 Å². The van der Waals surface area contributed by atoms with Gasteiger partial charge in [0.1, 0.15) is 5.75 Å². The second-order valence-corrected chi connectivity index (χ2v) is 7.00. The van der Waals surface area contributed by atoms with Gasteiger partial charge in [-0.05, 0) is 63.2 Å². The van der Waals surface area contributed by atoms with Crippen molar-refractivity contribution < 1.29 is 14.3 Å². The number of ether oxygens (including phenoxy) is 2. The first kappa shape index (κ1) is 17.9. The number of hydrogen-bond acceptors (Lipinski definition) is 5. The molecule has 3 rings (SSSR count). The quantitative estimate of drug-likeness (QED) is 0.836. The van der Waals surface area contributed by atoms with Crippen LogP contribution in [-0.2, 0) is 4.74 Å². The smallest absolute Gasteiger partial charge is 0.409 e. The van der Waals surface area contributed by atoms with Crippen LogP contribution in [-0.4, -0.2) is 75.9 Å². The van der Waals surface area contributed by atoms with Crippen LogP contribution < -0.4 is 9.64 Å². The first-order valence-corrected chi connectivity index (χ1v) is 9.15. The van der Waals surface area contributed by atoms with Crippen molar-refractivity contribution in [3.05, 3.63) is 24.3 Å². The molecule has 2 fully saturated rings. The van der Waals surface area contributed by atoms with Crippen LogP contribution in [0.5, 0.6) is 5.75 Å². The lowest BCUT2D eigenvalue weighted by molar-refractivity contribution is 0.0715. The fraction of sp³-hybridized carbons (Fsp3) is 0.632. The number of benzene rings is 1. The summed E-state index contributed by atoms with van der Waals surface area (Å²) in [6, 6.07) is 8.06. The number of anilines is 1. The monoisotopic (exact) mass is 347 g/mol. The van der Waals surface area contributed by atoms with Gasteiger partial charge in [-0.15, -0.1) is 0 Å². The minimum atomic E-state index is -0.159. The average Bonchev–Trinajstić information content (AvgIpc) is 2.67. The molecule has 2 aliphatic rings. The zero-order valence-corrected chi connectivity index (χ0v) is 15.3. The molecular weight excluding hydrogens is 318 g/mol. The number of likely N-dealkylation sites (tertiary alicyclic amines) is 1. The molecule has 25 heavy (non-hydrogen) atoms. The second kappa shape index (κ2) is 8.43. The van der Waals surface area contributed by atoms with E-state index >= 15 is 0 Å². The second-order valence-electron chi connectivity index (χ2n) is 7.00. The average molecular weight is 347 g/mol. The Morgan fingerprint density at radius 1 is 1.04 bits per heavy atom. The van der Waals surface area contributed by atoms with Crippen molar-refractivity contribution >= 4 is 11.8 Å². The Balaban J connectivity index is 1.41. The van der Waals surface area contributed by atoms with E-state index in [4.69, 9.17) is 9.47 Å². The zero-order valence-electron chi connectivity index (χ0n) is 15.3. The summed E-state index contributed by atoms with van der Waals surface area (Å²) in [4.78, 5) is 18.7. The Kier molecular flexibility index (Phi) is 6.02. The minimum absolute atomic E-state index is 0.159. The number of amides is 1. The molecule has 2 aliphatic heterocycles. The molecule has 6 nitrogen and oxygen atoms in total. The van der Waals surface area contributed by atoms with E-state index < -0.39 is 0 Å². The molecule has 1 aromatic carbocycles. The van der Waals surface area contributed by atoms with Crippen LogP contribution in [0, 0.1) is 5.92 Å². The van der Waals surface area contributed by atoms with Gasteiger partial charge in [0.2, 0.25) is 0 Å². The molecule has 0 bridgehead atoms. The third-order valence-corrected chi connectivity index (χ3v) is 5.26. The molecule has 2 saturated heterocycles. The Labute approximate surface area is 150 Å². The van der Waals surface area contributed by atoms with Gasteiger partial charge in [-0.25, -0.2) is 4.79 Å². The van der Waals surface area contributed by atoms with Crippen molar-refractivity contribution in [3.63, 3.8) is 0 Å². The summed E-state index contributed by atoms with van der Waals surface area (Å²) in [5.74, 6) is 1.38. The summed E-state index contributed by atoms with van der Waals surface area (Å²) in [5, 5.41) is 0. The molecule has 1 amide bonds. The highest BCUT2D eigenvalue weighted by Gasteiger charge is 2.24. The lowest BCUT2D eigenvalue weighted by Gasteiger charge is -2.36. The number of carbonyl (C=O) groups is 1. The van der Waals surface area contributed by atoms with Gasteiger partial charge in [-0.2, -0.15) is 0 Å². The van der Waals surface area contributed by atoms with Crippen molar-refractivity contribution in [2.75, 3.05) is 64.9 Å². The summed E-state index contributed by atoms with van der Waals surface area (Å²) in [6.45, 7) is 5.83. The van der Waals surface area contributed by atoms with E-state index in [0.29, 0.717) is 25.6 Å². The largest absolute Gasteiger partial charge is 0.497 e. The van der Waals surface area contributed by atoms with Crippen molar-refractivity contribution in [1.82, 2.24) is 9.80 Å². The first-order chi connectivity index (χ1) is 12.2. The van der Waals surface area contributed by atoms with Crippen LogP contribution in [0.15, 0.2) is 24.3 Å². The van der Waals surface area contributed by atoms with Crippen LogP contribution in [0.4, 0.5) is 10.5 Å². The molecule has 0 atom stereocenters. The van der Waals surface area contributed by atoms with E-state index in [9.17, 15) is 4.79 Å². The van der Waals surface area contributed by atoms with Gasteiger partial charge in [0.25, 0.3) is 0 Å². The molecular formula is C19H29N3O3. The van der Waals surface area contributed by atoms with Crippen LogP contribution in [0.2, 0.25) is 0 Å². The predicted molar refractivity (Wildman–Crippen MR) is 98.3 cm³/mol. The number of rotatable bonds is 4. The Morgan fingerprint density at radius 2 is 1.68 bits per heavy atom. The normalized spacial score (nSPS) is 19.8. The molecule has 0 N–H and O–H groups in total. The lowest BCUT2D eigenvalue weighted by atomic mass is 9.98. The summed E-state index contributed by atoms with van der Waals surface area (Å²) in [7, 11) is 3.81. The molecule has 6 heteroatoms. The third kappa shape index (κ3) is 4.78. The van der Waals surface area contributed by atoms with Crippen LogP contribution >= 0.6 is 0 Å². The molecule has 0 radical (unpaired) electrons. The van der Waals surface area contributed by atoms with Crippen LogP contribution in [0.1, 0.15) is 12.8 Å². The van der Waals surface area contributed by atoms with Gasteiger partial charge in [0.05, 0.1) is 13.7 Å². The highest BCUT2D eigenvalue weighted by atomic mass is 16.6. The summed E-state index contributed by atoms with van der Waals surface area (Å²) >= 11 is 0. The highest BCUT2D eigenvalue weighted by Crippen LogP contribution is 2.21. The number of methoxy groups -OCH3 is 1. The molecule has 0 saturated carbocycles. The van der Waals surface area contributed by atoms with E-state index in [-0.39, 0.29) is 6.09 Å². The SMILES string of the molecule is COc1ccc(N2CCN(C(=O)OCC3CCN(C)CC3)CC2)cc1. The molecule has 0 spiro atoms. The maximum Gasteiger partial charge on any atom is 0.409 e. The Bertz CT molecular complexity index is 548. The minimum Gasteiger partial charge on any atom is -0.497 e. The molecule has 0 aromatic heterocycles. The number of hydrogen-bond donors (Lipinski definition) is 0. The zero-order chi connectivity index (χ0) is 17.6. The van der Waals surface area contributed by atoms with Crippen molar-refractivity contribution in [2.45, 2.75) is 12.8 Å². The van der Waals surface area contributed by atoms with Gasteiger partial charge >= 0.3 is 6.09 Å². The number of piperazine rings is 1. The fourth-order valence-electron chi connectivity index (χ4n) is 3.45. The Hall–Kier alpha value is -1.95. The van der Waals surface area contributed by atoms with Crippen LogP contribution in [0.3, 0.4) is 0 Å². The molecule has 138 valence electrons. The van der Waals surface area contributed by atoms with Gasteiger partial charge in [0, 0.05) is 31.9 Å². The van der Waals surface area contributed by atoms with Crippen LogP contribution in [0.25, 0.3) is 0 Å². The number of piperidine rings is 1. The maximum absolute atomic E-state index is 12.3. The standard InChI is InChI=1S/C19H29N3O3/c1-20-9-7-16(8-10-20)15-25-19(23)22-13-11-21(12-14-22)17-3-5-18(24-2)6-4-17/h3-6,16H,7-15H2,1-2H3. The molecule has 1 aromatic rings. The highest BCUT2D eigenvalue weighted by molar-refractivity contribution is 5.68. The fourth-order valence-corrected chi connectivity index (χ4v) is 3.45. The molecule has 2 heterocycles. The lowest BCUT2D eigenvalue weighted by Crippen LogP contribution is -2.49. The van der Waals surface area contributed by atoms with E-state index in [0.717, 1.165) is 44.8 Å². The topological polar surface area (TPSA) is 45.3 Å². The maximum atomic E-state index is 12.3. The molecule has 0 unspecified atom stereocenters.